The second kappa shape index (κ2) is 10.9. The smallest absolute Gasteiger partial charge is 0.260 e. The first kappa shape index (κ1) is 25.9. The molecule has 1 saturated heterocycles. The summed E-state index contributed by atoms with van der Waals surface area (Å²) in [5.41, 5.74) is 1.17. The number of carbonyl (C=O) groups excluding carboxylic acids is 1. The molecule has 0 aliphatic carbocycles. The predicted molar refractivity (Wildman–Crippen MR) is 145 cm³/mol. The van der Waals surface area contributed by atoms with Crippen LogP contribution in [0.5, 0.6) is 11.5 Å². The fourth-order valence-corrected chi connectivity index (χ4v) is 7.09. The van der Waals surface area contributed by atoms with Crippen molar-refractivity contribution < 1.29 is 22.7 Å². The normalized spacial score (nSPS) is 16.3. The molecule has 0 bridgehead atoms. The van der Waals surface area contributed by atoms with E-state index in [0.717, 1.165) is 42.4 Å². The summed E-state index contributed by atoms with van der Waals surface area (Å²) in [6.07, 6.45) is 3.57. The van der Waals surface area contributed by atoms with Crippen LogP contribution in [0, 0.1) is 0 Å². The van der Waals surface area contributed by atoms with E-state index >= 15 is 0 Å². The van der Waals surface area contributed by atoms with E-state index in [1.807, 2.05) is 26.2 Å². The zero-order valence-corrected chi connectivity index (χ0v) is 22.8. The van der Waals surface area contributed by atoms with Crippen molar-refractivity contribution in [1.29, 1.82) is 0 Å². The number of hydrogen-bond donors (Lipinski definition) is 0. The molecule has 2 aromatic carbocycles. The molecule has 37 heavy (non-hydrogen) atoms. The van der Waals surface area contributed by atoms with E-state index in [0.29, 0.717) is 55.0 Å². The molecule has 0 atom stereocenters. The van der Waals surface area contributed by atoms with Crippen LogP contribution in [0.2, 0.25) is 0 Å². The van der Waals surface area contributed by atoms with Crippen LogP contribution in [0.3, 0.4) is 0 Å². The standard InChI is InChI=1S/C26H32N4O5S2/c1-28(2)11-6-14-30(26-27-21-17-22-23(18-24(21)36-26)35-16-15-34-22)25(31)19-7-9-20(10-8-19)37(32,33)29-12-4-3-5-13-29/h7-10,17-18H,3-6,11-16H2,1-2H3. The quantitative estimate of drug-likeness (QED) is 0.425. The second-order valence-corrected chi connectivity index (χ2v) is 12.5. The third-order valence-electron chi connectivity index (χ3n) is 6.56. The molecular formula is C26H32N4O5S2. The van der Waals surface area contributed by atoms with Gasteiger partial charge < -0.3 is 14.4 Å². The van der Waals surface area contributed by atoms with Crippen molar-refractivity contribution in [2.45, 2.75) is 30.6 Å². The Balaban J connectivity index is 1.42. The minimum absolute atomic E-state index is 0.211. The molecule has 9 nitrogen and oxygen atoms in total. The molecule has 0 spiro atoms. The number of ether oxygens (including phenoxy) is 2. The number of benzene rings is 2. The van der Waals surface area contributed by atoms with Crippen LogP contribution >= 0.6 is 11.3 Å². The molecule has 3 aromatic rings. The summed E-state index contributed by atoms with van der Waals surface area (Å²) in [4.78, 5) is 22.4. The van der Waals surface area contributed by atoms with Gasteiger partial charge in [0, 0.05) is 37.3 Å². The molecule has 198 valence electrons. The third-order valence-corrected chi connectivity index (χ3v) is 9.51. The number of piperidine rings is 1. The van der Waals surface area contributed by atoms with Crippen LogP contribution < -0.4 is 14.4 Å². The van der Waals surface area contributed by atoms with Gasteiger partial charge in [-0.15, -0.1) is 0 Å². The molecule has 0 radical (unpaired) electrons. The van der Waals surface area contributed by atoms with E-state index in [2.05, 4.69) is 4.90 Å². The molecule has 3 heterocycles. The molecule has 2 aliphatic rings. The molecule has 0 unspecified atom stereocenters. The van der Waals surface area contributed by atoms with Crippen molar-refractivity contribution in [3.05, 3.63) is 42.0 Å². The largest absolute Gasteiger partial charge is 0.486 e. The summed E-state index contributed by atoms with van der Waals surface area (Å²) >= 11 is 1.43. The van der Waals surface area contributed by atoms with Gasteiger partial charge in [-0.05, 0) is 64.2 Å². The van der Waals surface area contributed by atoms with Crippen molar-refractivity contribution in [1.82, 2.24) is 14.2 Å². The maximum absolute atomic E-state index is 13.7. The molecule has 11 heteroatoms. The zero-order chi connectivity index (χ0) is 26.0. The first-order valence-electron chi connectivity index (χ1n) is 12.6. The minimum Gasteiger partial charge on any atom is -0.486 e. The average Bonchev–Trinajstić information content (AvgIpc) is 3.32. The number of fused-ring (bicyclic) bond motifs is 2. The number of rotatable bonds is 8. The molecule has 2 aliphatic heterocycles. The lowest BCUT2D eigenvalue weighted by atomic mass is 10.2. The highest BCUT2D eigenvalue weighted by atomic mass is 32.2. The first-order valence-corrected chi connectivity index (χ1v) is 14.9. The Morgan fingerprint density at radius 1 is 1.00 bits per heavy atom. The van der Waals surface area contributed by atoms with Gasteiger partial charge in [-0.3, -0.25) is 9.69 Å². The predicted octanol–water partition coefficient (Wildman–Crippen LogP) is 3.84. The number of amides is 1. The van der Waals surface area contributed by atoms with Crippen LogP contribution in [0.15, 0.2) is 41.3 Å². The van der Waals surface area contributed by atoms with Crippen LogP contribution in [0.25, 0.3) is 10.2 Å². The highest BCUT2D eigenvalue weighted by molar-refractivity contribution is 7.89. The summed E-state index contributed by atoms with van der Waals surface area (Å²) < 4.78 is 39.9. The number of nitrogens with zero attached hydrogens (tertiary/aromatic N) is 4. The molecule has 0 saturated carbocycles. The Morgan fingerprint density at radius 3 is 2.35 bits per heavy atom. The molecule has 5 rings (SSSR count). The molecule has 1 aromatic heterocycles. The van der Waals surface area contributed by atoms with E-state index in [9.17, 15) is 13.2 Å². The Labute approximate surface area is 221 Å². The SMILES string of the molecule is CN(C)CCCN(C(=O)c1ccc(S(=O)(=O)N2CCCCC2)cc1)c1nc2cc3c(cc2s1)OCCO3. The first-order chi connectivity index (χ1) is 17.8. The molecular weight excluding hydrogens is 512 g/mol. The van der Waals surface area contributed by atoms with Crippen LogP contribution in [0.4, 0.5) is 5.13 Å². The zero-order valence-electron chi connectivity index (χ0n) is 21.2. The number of sulfonamides is 1. The maximum Gasteiger partial charge on any atom is 0.260 e. The van der Waals surface area contributed by atoms with Gasteiger partial charge in [-0.25, -0.2) is 13.4 Å². The highest BCUT2D eigenvalue weighted by Crippen LogP contribution is 2.39. The monoisotopic (exact) mass is 544 g/mol. The number of aromatic nitrogens is 1. The topological polar surface area (TPSA) is 92.3 Å². The van der Waals surface area contributed by atoms with E-state index in [-0.39, 0.29) is 10.8 Å². The van der Waals surface area contributed by atoms with Gasteiger partial charge in [0.15, 0.2) is 16.6 Å². The van der Waals surface area contributed by atoms with Crippen LogP contribution in [-0.2, 0) is 10.0 Å². The summed E-state index contributed by atoms with van der Waals surface area (Å²) in [6.45, 7) is 3.38. The Morgan fingerprint density at radius 2 is 1.68 bits per heavy atom. The van der Waals surface area contributed by atoms with Gasteiger partial charge in [0.05, 0.1) is 15.1 Å². The number of thiazole rings is 1. The van der Waals surface area contributed by atoms with Crippen molar-refractivity contribution in [3.63, 3.8) is 0 Å². The van der Waals surface area contributed by atoms with E-state index in [1.54, 1.807) is 17.0 Å². The Hall–Kier alpha value is -2.73. The van der Waals surface area contributed by atoms with Crippen LogP contribution in [-0.4, -0.2) is 82.0 Å². The summed E-state index contributed by atoms with van der Waals surface area (Å²) in [7, 11) is 0.435. The van der Waals surface area contributed by atoms with Gasteiger partial charge in [-0.2, -0.15) is 4.31 Å². The fraction of sp³-hybridized carbons (Fsp3) is 0.462. The summed E-state index contributed by atoms with van der Waals surface area (Å²) in [5, 5.41) is 0.589. The molecule has 1 fully saturated rings. The van der Waals surface area contributed by atoms with E-state index in [1.165, 1.54) is 27.8 Å². The lowest BCUT2D eigenvalue weighted by molar-refractivity contribution is 0.0986. The molecule has 0 N–H and O–H groups in total. The highest BCUT2D eigenvalue weighted by Gasteiger charge is 2.27. The van der Waals surface area contributed by atoms with Crippen molar-refractivity contribution in [2.75, 3.05) is 58.4 Å². The number of hydrogen-bond acceptors (Lipinski definition) is 8. The summed E-state index contributed by atoms with van der Waals surface area (Å²) in [6, 6.07) is 10.0. The van der Waals surface area contributed by atoms with Gasteiger partial charge in [-0.1, -0.05) is 17.8 Å². The Kier molecular flexibility index (Phi) is 7.66. The van der Waals surface area contributed by atoms with E-state index < -0.39 is 10.0 Å². The molecule has 1 amide bonds. The van der Waals surface area contributed by atoms with Gasteiger partial charge in [0.25, 0.3) is 5.91 Å². The van der Waals surface area contributed by atoms with Gasteiger partial charge >= 0.3 is 0 Å². The number of carbonyl (C=O) groups is 1. The number of anilines is 1. The third kappa shape index (κ3) is 5.59. The fourth-order valence-electron chi connectivity index (χ4n) is 4.58. The lowest BCUT2D eigenvalue weighted by Crippen LogP contribution is -2.35. The van der Waals surface area contributed by atoms with Crippen molar-refractivity contribution in [2.24, 2.45) is 0 Å². The summed E-state index contributed by atoms with van der Waals surface area (Å²) in [5.74, 6) is 1.13. The van der Waals surface area contributed by atoms with Crippen molar-refractivity contribution >= 4 is 42.6 Å². The Bertz CT molecular complexity index is 1320. The van der Waals surface area contributed by atoms with Crippen molar-refractivity contribution in [3.8, 4) is 11.5 Å². The van der Waals surface area contributed by atoms with E-state index in [4.69, 9.17) is 14.5 Å². The van der Waals surface area contributed by atoms with Gasteiger partial charge in [0.2, 0.25) is 10.0 Å². The minimum atomic E-state index is -3.56. The average molecular weight is 545 g/mol. The second-order valence-electron chi connectivity index (χ2n) is 9.56. The van der Waals surface area contributed by atoms with Crippen LogP contribution in [0.1, 0.15) is 36.0 Å². The lowest BCUT2D eigenvalue weighted by Gasteiger charge is -2.26. The maximum atomic E-state index is 13.7. The van der Waals surface area contributed by atoms with Gasteiger partial charge in [0.1, 0.15) is 13.2 Å².